The fraction of sp³-hybridized carbons (Fsp3) is 0.500. The first-order valence-electron chi connectivity index (χ1n) is 4.09. The first kappa shape index (κ1) is 8.10. The summed E-state index contributed by atoms with van der Waals surface area (Å²) in [7, 11) is 0. The Balaban J connectivity index is 2.20. The lowest BCUT2D eigenvalue weighted by Crippen LogP contribution is -2.19. The van der Waals surface area contributed by atoms with Gasteiger partial charge in [-0.1, -0.05) is 0 Å². The summed E-state index contributed by atoms with van der Waals surface area (Å²) in [6.07, 6.45) is 2.16. The molecule has 0 amide bonds. The zero-order valence-electron chi connectivity index (χ0n) is 6.93. The average Bonchev–Trinajstić information content (AvgIpc) is 2.51. The third-order valence-electron chi connectivity index (χ3n) is 2.12. The SMILES string of the molecule is O=[N+]([O-])CC1CCOc2ccoc21. The second kappa shape index (κ2) is 3.08. The average molecular weight is 183 g/mol. The van der Waals surface area contributed by atoms with Crippen molar-refractivity contribution >= 4 is 0 Å². The standard InChI is InChI=1S/C8H9NO4/c10-9(11)5-6-1-3-12-7-2-4-13-8(6)7/h2,4,6H,1,3,5H2. The van der Waals surface area contributed by atoms with E-state index >= 15 is 0 Å². The third kappa shape index (κ3) is 1.49. The van der Waals surface area contributed by atoms with Gasteiger partial charge in [0.05, 0.1) is 18.8 Å². The van der Waals surface area contributed by atoms with E-state index in [0.717, 1.165) is 0 Å². The molecular weight excluding hydrogens is 174 g/mol. The number of rotatable bonds is 2. The van der Waals surface area contributed by atoms with Crippen LogP contribution in [-0.2, 0) is 0 Å². The molecule has 13 heavy (non-hydrogen) atoms. The topological polar surface area (TPSA) is 65.5 Å². The van der Waals surface area contributed by atoms with Crippen molar-refractivity contribution in [2.45, 2.75) is 12.3 Å². The summed E-state index contributed by atoms with van der Waals surface area (Å²) in [5, 5.41) is 10.3. The molecule has 0 bridgehead atoms. The summed E-state index contributed by atoms with van der Waals surface area (Å²) < 4.78 is 10.4. The van der Waals surface area contributed by atoms with Crippen LogP contribution in [0.2, 0.25) is 0 Å². The van der Waals surface area contributed by atoms with Crippen LogP contribution < -0.4 is 4.74 Å². The van der Waals surface area contributed by atoms with Crippen LogP contribution in [0.4, 0.5) is 0 Å². The van der Waals surface area contributed by atoms with Gasteiger partial charge in [0.2, 0.25) is 6.54 Å². The smallest absolute Gasteiger partial charge is 0.214 e. The number of fused-ring (bicyclic) bond motifs is 1. The number of ether oxygens (including phenoxy) is 1. The number of nitrogens with zero attached hydrogens (tertiary/aromatic N) is 1. The van der Waals surface area contributed by atoms with Crippen molar-refractivity contribution in [3.8, 4) is 5.75 Å². The second-order valence-electron chi connectivity index (χ2n) is 3.00. The van der Waals surface area contributed by atoms with Crippen LogP contribution in [0.15, 0.2) is 16.7 Å². The Morgan fingerprint density at radius 1 is 1.69 bits per heavy atom. The van der Waals surface area contributed by atoms with Gasteiger partial charge in [-0.2, -0.15) is 0 Å². The van der Waals surface area contributed by atoms with Gasteiger partial charge in [0.25, 0.3) is 0 Å². The van der Waals surface area contributed by atoms with Crippen molar-refractivity contribution in [1.82, 2.24) is 0 Å². The van der Waals surface area contributed by atoms with E-state index in [1.165, 1.54) is 6.26 Å². The molecule has 1 aliphatic rings. The van der Waals surface area contributed by atoms with Gasteiger partial charge in [-0.05, 0) is 6.42 Å². The first-order chi connectivity index (χ1) is 6.27. The maximum atomic E-state index is 10.3. The molecule has 0 spiro atoms. The maximum absolute atomic E-state index is 10.3. The Bertz CT molecular complexity index is 320. The van der Waals surface area contributed by atoms with Crippen LogP contribution in [0.5, 0.6) is 5.75 Å². The molecule has 1 aliphatic heterocycles. The molecule has 5 heteroatoms. The van der Waals surface area contributed by atoms with Crippen LogP contribution >= 0.6 is 0 Å². The molecule has 0 aromatic carbocycles. The molecule has 0 fully saturated rings. The van der Waals surface area contributed by atoms with Gasteiger partial charge in [-0.15, -0.1) is 0 Å². The maximum Gasteiger partial charge on any atom is 0.214 e. The second-order valence-corrected chi connectivity index (χ2v) is 3.00. The molecule has 1 aromatic rings. The van der Waals surface area contributed by atoms with E-state index in [0.29, 0.717) is 24.5 Å². The molecule has 0 N–H and O–H groups in total. The molecule has 0 saturated carbocycles. The number of furan rings is 1. The molecule has 0 aliphatic carbocycles. The summed E-state index contributed by atoms with van der Waals surface area (Å²) in [6, 6.07) is 1.70. The highest BCUT2D eigenvalue weighted by atomic mass is 16.6. The minimum atomic E-state index is -0.317. The van der Waals surface area contributed by atoms with E-state index in [2.05, 4.69) is 0 Å². The van der Waals surface area contributed by atoms with Gasteiger partial charge in [0.1, 0.15) is 0 Å². The van der Waals surface area contributed by atoms with Crippen molar-refractivity contribution < 1.29 is 14.1 Å². The van der Waals surface area contributed by atoms with Gasteiger partial charge >= 0.3 is 0 Å². The Labute approximate surface area is 74.4 Å². The Morgan fingerprint density at radius 2 is 2.54 bits per heavy atom. The van der Waals surface area contributed by atoms with Crippen LogP contribution in [0, 0.1) is 10.1 Å². The molecule has 0 saturated heterocycles. The van der Waals surface area contributed by atoms with Crippen molar-refractivity contribution in [3.63, 3.8) is 0 Å². The minimum absolute atomic E-state index is 0.0795. The highest BCUT2D eigenvalue weighted by molar-refractivity contribution is 5.29. The predicted molar refractivity (Wildman–Crippen MR) is 43.4 cm³/mol. The Hall–Kier alpha value is -1.52. The Morgan fingerprint density at radius 3 is 3.31 bits per heavy atom. The van der Waals surface area contributed by atoms with Crippen LogP contribution in [0.1, 0.15) is 18.1 Å². The normalized spacial score (nSPS) is 20.5. The number of hydrogen-bond acceptors (Lipinski definition) is 4. The van der Waals surface area contributed by atoms with Crippen molar-refractivity contribution in [2.75, 3.05) is 13.2 Å². The molecule has 2 heterocycles. The number of nitro groups is 1. The van der Waals surface area contributed by atoms with Crippen LogP contribution in [0.3, 0.4) is 0 Å². The molecule has 1 unspecified atom stereocenters. The van der Waals surface area contributed by atoms with Crippen LogP contribution in [-0.4, -0.2) is 18.1 Å². The summed E-state index contributed by atoms with van der Waals surface area (Å²) >= 11 is 0. The highest BCUT2D eigenvalue weighted by Crippen LogP contribution is 2.34. The minimum Gasteiger partial charge on any atom is -0.490 e. The van der Waals surface area contributed by atoms with E-state index in [-0.39, 0.29) is 17.4 Å². The fourth-order valence-corrected chi connectivity index (χ4v) is 1.52. The van der Waals surface area contributed by atoms with Gasteiger partial charge in [0.15, 0.2) is 11.5 Å². The lowest BCUT2D eigenvalue weighted by atomic mass is 10.0. The van der Waals surface area contributed by atoms with E-state index in [1.54, 1.807) is 6.07 Å². The molecule has 1 atom stereocenters. The largest absolute Gasteiger partial charge is 0.490 e. The van der Waals surface area contributed by atoms with Gasteiger partial charge in [-0.25, -0.2) is 0 Å². The molecule has 70 valence electrons. The monoisotopic (exact) mass is 183 g/mol. The van der Waals surface area contributed by atoms with E-state index in [9.17, 15) is 10.1 Å². The Kier molecular flexibility index (Phi) is 1.92. The lowest BCUT2D eigenvalue weighted by Gasteiger charge is -2.18. The van der Waals surface area contributed by atoms with Crippen molar-refractivity contribution in [3.05, 3.63) is 28.2 Å². The number of hydrogen-bond donors (Lipinski definition) is 0. The lowest BCUT2D eigenvalue weighted by molar-refractivity contribution is -0.484. The summed E-state index contributed by atoms with van der Waals surface area (Å²) in [5.74, 6) is 1.13. The van der Waals surface area contributed by atoms with E-state index in [1.807, 2.05) is 0 Å². The molecule has 1 aromatic heterocycles. The molecule has 0 radical (unpaired) electrons. The summed E-state index contributed by atoms with van der Waals surface area (Å²) in [6.45, 7) is 0.453. The van der Waals surface area contributed by atoms with E-state index in [4.69, 9.17) is 9.15 Å². The van der Waals surface area contributed by atoms with Gasteiger partial charge in [0, 0.05) is 11.0 Å². The van der Waals surface area contributed by atoms with E-state index < -0.39 is 0 Å². The van der Waals surface area contributed by atoms with Gasteiger partial charge < -0.3 is 9.15 Å². The zero-order valence-corrected chi connectivity index (χ0v) is 6.93. The summed E-state index contributed by atoms with van der Waals surface area (Å²) in [5.41, 5.74) is 0. The first-order valence-corrected chi connectivity index (χ1v) is 4.09. The summed E-state index contributed by atoms with van der Waals surface area (Å²) in [4.78, 5) is 10.0. The van der Waals surface area contributed by atoms with Crippen molar-refractivity contribution in [1.29, 1.82) is 0 Å². The van der Waals surface area contributed by atoms with Crippen LogP contribution in [0.25, 0.3) is 0 Å². The molecular formula is C8H9NO4. The van der Waals surface area contributed by atoms with Crippen molar-refractivity contribution in [2.24, 2.45) is 0 Å². The fourth-order valence-electron chi connectivity index (χ4n) is 1.52. The van der Waals surface area contributed by atoms with Gasteiger partial charge in [-0.3, -0.25) is 10.1 Å². The third-order valence-corrected chi connectivity index (χ3v) is 2.12. The quantitative estimate of drug-likeness (QED) is 0.513. The molecule has 2 rings (SSSR count). The molecule has 5 nitrogen and oxygen atoms in total. The highest BCUT2D eigenvalue weighted by Gasteiger charge is 2.28. The zero-order chi connectivity index (χ0) is 9.26. The predicted octanol–water partition coefficient (Wildman–Crippen LogP) is 1.42.